The van der Waals surface area contributed by atoms with Crippen LogP contribution in [0.2, 0.25) is 0 Å². The van der Waals surface area contributed by atoms with Gasteiger partial charge in [0.25, 0.3) is 0 Å². The Bertz CT molecular complexity index is 212. The van der Waals surface area contributed by atoms with Gasteiger partial charge in [0.05, 0.1) is 0 Å². The van der Waals surface area contributed by atoms with Gasteiger partial charge in [-0.2, -0.15) is 0 Å². The zero-order valence-corrected chi connectivity index (χ0v) is 7.71. The van der Waals surface area contributed by atoms with Crippen LogP contribution in [0.25, 0.3) is 0 Å². The van der Waals surface area contributed by atoms with E-state index >= 15 is 0 Å². The summed E-state index contributed by atoms with van der Waals surface area (Å²) < 4.78 is 17.6. The average Bonchev–Trinajstić information content (AvgIpc) is 1.87. The minimum atomic E-state index is -2.36. The summed E-state index contributed by atoms with van der Waals surface area (Å²) in [6, 6.07) is 10.3. The van der Waals surface area contributed by atoms with Crippen LogP contribution < -0.4 is 11.3 Å². The first-order valence-corrected chi connectivity index (χ1v) is 4.12. The highest BCUT2D eigenvalue weighted by molar-refractivity contribution is 7.76. The van der Waals surface area contributed by atoms with Gasteiger partial charge < -0.3 is 10.7 Å². The molecule has 0 bridgehead atoms. The summed E-state index contributed by atoms with van der Waals surface area (Å²) >= 11 is -2.36. The molecule has 1 atom stereocenters. The van der Waals surface area contributed by atoms with E-state index in [2.05, 4.69) is 24.2 Å². The van der Waals surface area contributed by atoms with Crippen molar-refractivity contribution in [1.82, 2.24) is 6.15 Å². The van der Waals surface area contributed by atoms with Gasteiger partial charge in [0.1, 0.15) is 0 Å². The Kier molecular flexibility index (Phi) is 9.61. The molecule has 0 radical (unpaired) electrons. The summed E-state index contributed by atoms with van der Waals surface area (Å²) in [4.78, 5) is 0. The lowest BCUT2D eigenvalue weighted by Gasteiger charge is -1.85. The molecular weight excluding hydrogens is 176 g/mol. The van der Waals surface area contributed by atoms with Crippen molar-refractivity contribution in [3.8, 4) is 0 Å². The van der Waals surface area contributed by atoms with Crippen molar-refractivity contribution >= 4 is 11.3 Å². The molecule has 0 aliphatic carbocycles. The predicted octanol–water partition coefficient (Wildman–Crippen LogP) is 0.896. The summed E-state index contributed by atoms with van der Waals surface area (Å²) in [6.07, 6.45) is 0. The van der Waals surface area contributed by atoms with Crippen molar-refractivity contribution < 1.29 is 8.76 Å². The maximum Gasteiger partial charge on any atom is 0.0152 e. The number of hydrogen-bond acceptors (Lipinski definition) is 3. The summed E-state index contributed by atoms with van der Waals surface area (Å²) in [6.45, 7) is 2.08. The fourth-order valence-corrected chi connectivity index (χ4v) is 0.534. The number of benzene rings is 1. The molecule has 0 amide bonds. The first-order chi connectivity index (χ1) is 5.13. The van der Waals surface area contributed by atoms with Crippen molar-refractivity contribution in [2.45, 2.75) is 6.92 Å². The van der Waals surface area contributed by atoms with Crippen LogP contribution in [0.1, 0.15) is 5.56 Å². The minimum Gasteiger partial charge on any atom is -0.760 e. The van der Waals surface area contributed by atoms with Crippen LogP contribution in [0.3, 0.4) is 0 Å². The molecule has 1 aromatic carbocycles. The van der Waals surface area contributed by atoms with Gasteiger partial charge in [0.2, 0.25) is 0 Å². The van der Waals surface area contributed by atoms with Gasteiger partial charge in [0.15, 0.2) is 0 Å². The zero-order chi connectivity index (χ0) is 8.69. The van der Waals surface area contributed by atoms with E-state index in [1.807, 2.05) is 18.2 Å². The first kappa shape index (κ1) is 13.8. The second kappa shape index (κ2) is 8.35. The normalized spacial score (nSPS) is 10.2. The number of rotatable bonds is 0. The molecule has 0 aliphatic rings. The van der Waals surface area contributed by atoms with Crippen LogP contribution in [-0.2, 0) is 11.3 Å². The third-order valence-corrected chi connectivity index (χ3v) is 0.940. The van der Waals surface area contributed by atoms with Gasteiger partial charge in [-0.3, -0.25) is 9.35 Å². The highest BCUT2D eigenvalue weighted by Gasteiger charge is 1.72. The highest BCUT2D eigenvalue weighted by Crippen LogP contribution is 1.92. The minimum absolute atomic E-state index is 0. The molecule has 1 aromatic rings. The number of aryl methyl sites for hydroxylation is 1. The Hall–Kier alpha value is -0.750. The third-order valence-electron chi connectivity index (χ3n) is 0.940. The molecule has 0 heterocycles. The lowest BCUT2D eigenvalue weighted by molar-refractivity contribution is 0.539. The largest absolute Gasteiger partial charge is 0.760 e. The molecule has 1 rings (SSSR count). The van der Waals surface area contributed by atoms with Gasteiger partial charge in [-0.15, -0.1) is 0 Å². The molecule has 0 saturated carbocycles. The monoisotopic (exact) mass is 189 g/mol. The second-order valence-electron chi connectivity index (χ2n) is 1.92. The van der Waals surface area contributed by atoms with E-state index in [1.165, 1.54) is 5.56 Å². The molecule has 70 valence electrons. The molecule has 12 heavy (non-hydrogen) atoms. The predicted molar refractivity (Wildman–Crippen MR) is 49.3 cm³/mol. The van der Waals surface area contributed by atoms with Gasteiger partial charge in [0, 0.05) is 11.3 Å². The van der Waals surface area contributed by atoms with Crippen molar-refractivity contribution in [3.05, 3.63) is 35.9 Å². The molecule has 0 fully saturated rings. The SMILES string of the molecule is Cc1ccccc1.N.NS(=O)[O-]. The molecular formula is C7H13N2O2S-. The highest BCUT2D eigenvalue weighted by atomic mass is 32.2. The van der Waals surface area contributed by atoms with E-state index < -0.39 is 11.3 Å². The summed E-state index contributed by atoms with van der Waals surface area (Å²) in [5.74, 6) is 0. The fraction of sp³-hybridized carbons (Fsp3) is 0.143. The Morgan fingerprint density at radius 2 is 1.67 bits per heavy atom. The van der Waals surface area contributed by atoms with Gasteiger partial charge in [-0.1, -0.05) is 35.9 Å². The summed E-state index contributed by atoms with van der Waals surface area (Å²) in [5, 5.41) is 4.03. The van der Waals surface area contributed by atoms with E-state index in [9.17, 15) is 0 Å². The smallest absolute Gasteiger partial charge is 0.0152 e. The molecule has 5 heteroatoms. The van der Waals surface area contributed by atoms with Crippen LogP contribution >= 0.6 is 0 Å². The Morgan fingerprint density at radius 3 is 1.83 bits per heavy atom. The first-order valence-electron chi connectivity index (χ1n) is 2.98. The Labute approximate surface area is 74.8 Å². The lowest BCUT2D eigenvalue weighted by atomic mass is 10.2. The molecule has 5 N–H and O–H groups in total. The fourth-order valence-electron chi connectivity index (χ4n) is 0.534. The van der Waals surface area contributed by atoms with E-state index in [-0.39, 0.29) is 6.15 Å². The molecule has 0 spiro atoms. The quantitative estimate of drug-likeness (QED) is 0.592. The number of hydrogen-bond donors (Lipinski definition) is 2. The van der Waals surface area contributed by atoms with Crippen LogP contribution in [-0.4, -0.2) is 8.76 Å². The molecule has 0 aliphatic heterocycles. The molecule has 0 aromatic heterocycles. The van der Waals surface area contributed by atoms with E-state index in [4.69, 9.17) is 8.76 Å². The van der Waals surface area contributed by atoms with Crippen LogP contribution in [0, 0.1) is 6.92 Å². The third kappa shape index (κ3) is 12.0. The van der Waals surface area contributed by atoms with Gasteiger partial charge >= 0.3 is 0 Å². The Balaban J connectivity index is 0. The van der Waals surface area contributed by atoms with Gasteiger partial charge in [-0.25, -0.2) is 0 Å². The maximum atomic E-state index is 8.78. The topological polar surface area (TPSA) is 101 Å². The standard InChI is InChI=1S/C7H8.H3NO2S.H3N/c1-7-5-3-2-4-6-7;1-4(2)3;/h2-6H,1H3;1H2,(H,2,3);1H3/p-1. The molecule has 4 nitrogen and oxygen atoms in total. The summed E-state index contributed by atoms with van der Waals surface area (Å²) in [5.41, 5.74) is 1.32. The van der Waals surface area contributed by atoms with E-state index in [0.29, 0.717) is 0 Å². The van der Waals surface area contributed by atoms with E-state index in [0.717, 1.165) is 0 Å². The van der Waals surface area contributed by atoms with Gasteiger partial charge in [-0.05, 0) is 6.92 Å². The zero-order valence-electron chi connectivity index (χ0n) is 6.90. The second-order valence-corrected chi connectivity index (χ2v) is 2.44. The van der Waals surface area contributed by atoms with Crippen LogP contribution in [0.4, 0.5) is 0 Å². The lowest BCUT2D eigenvalue weighted by Crippen LogP contribution is -1.97. The van der Waals surface area contributed by atoms with Crippen molar-refractivity contribution in [3.63, 3.8) is 0 Å². The van der Waals surface area contributed by atoms with Crippen molar-refractivity contribution in [1.29, 1.82) is 0 Å². The average molecular weight is 189 g/mol. The van der Waals surface area contributed by atoms with Crippen LogP contribution in [0.15, 0.2) is 30.3 Å². The summed E-state index contributed by atoms with van der Waals surface area (Å²) in [7, 11) is 0. The number of nitrogens with two attached hydrogens (primary N) is 1. The molecule has 1 unspecified atom stereocenters. The van der Waals surface area contributed by atoms with Crippen molar-refractivity contribution in [2.24, 2.45) is 5.14 Å². The van der Waals surface area contributed by atoms with E-state index in [1.54, 1.807) is 0 Å². The van der Waals surface area contributed by atoms with Crippen molar-refractivity contribution in [2.75, 3.05) is 0 Å². The molecule has 0 saturated heterocycles. The van der Waals surface area contributed by atoms with Crippen LogP contribution in [0.5, 0.6) is 0 Å². The maximum absolute atomic E-state index is 8.78. The Morgan fingerprint density at radius 1 is 1.33 bits per heavy atom.